The highest BCUT2D eigenvalue weighted by atomic mass is 19.1. The van der Waals surface area contributed by atoms with E-state index in [4.69, 9.17) is 0 Å². The van der Waals surface area contributed by atoms with E-state index in [0.29, 0.717) is 28.9 Å². The average Bonchev–Trinajstić information content (AvgIpc) is 3.04. The van der Waals surface area contributed by atoms with Crippen molar-refractivity contribution >= 4 is 17.4 Å². The summed E-state index contributed by atoms with van der Waals surface area (Å²) in [5.74, 6) is -1.34. The van der Waals surface area contributed by atoms with Crippen LogP contribution < -0.4 is 0 Å². The van der Waals surface area contributed by atoms with Gasteiger partial charge in [0.2, 0.25) is 0 Å². The van der Waals surface area contributed by atoms with Gasteiger partial charge < -0.3 is 5.11 Å². The number of benzene rings is 3. The molecule has 0 aliphatic carbocycles. The van der Waals surface area contributed by atoms with Crippen LogP contribution in [0.1, 0.15) is 27.0 Å². The highest BCUT2D eigenvalue weighted by Crippen LogP contribution is 2.34. The molecule has 128 valence electrons. The van der Waals surface area contributed by atoms with Crippen LogP contribution in [0.15, 0.2) is 65.7 Å². The van der Waals surface area contributed by atoms with Crippen LogP contribution >= 0.6 is 0 Å². The van der Waals surface area contributed by atoms with E-state index in [2.05, 4.69) is 4.99 Å². The largest absolute Gasteiger partial charge is 0.478 e. The summed E-state index contributed by atoms with van der Waals surface area (Å²) in [4.78, 5) is 16.0. The normalized spacial score (nSPS) is 12.6. The van der Waals surface area contributed by atoms with Crippen LogP contribution in [-0.2, 0) is 6.42 Å². The summed E-state index contributed by atoms with van der Waals surface area (Å²) in [5.41, 5.74) is 5.03. The van der Waals surface area contributed by atoms with E-state index in [0.717, 1.165) is 16.7 Å². The maximum Gasteiger partial charge on any atom is 0.336 e. The molecule has 0 saturated carbocycles. The fourth-order valence-electron chi connectivity index (χ4n) is 3.34. The van der Waals surface area contributed by atoms with Gasteiger partial charge in [0.05, 0.1) is 17.0 Å². The Kier molecular flexibility index (Phi) is 3.88. The first-order valence-electron chi connectivity index (χ1n) is 8.32. The summed E-state index contributed by atoms with van der Waals surface area (Å²) in [5, 5.41) is 9.42. The SMILES string of the molecule is Cc1cc2c(c(C(=O)O)c1)CC(c1ccc(-c3ccccc3)cc1F)=N2. The molecule has 4 rings (SSSR count). The number of rotatable bonds is 3. The molecule has 0 aromatic heterocycles. The van der Waals surface area contributed by atoms with Crippen LogP contribution in [0.3, 0.4) is 0 Å². The minimum atomic E-state index is -0.985. The van der Waals surface area contributed by atoms with Crippen LogP contribution in [0.4, 0.5) is 10.1 Å². The Morgan fingerprint density at radius 1 is 1.04 bits per heavy atom. The molecular formula is C22H16FNO2. The number of carbonyl (C=O) groups is 1. The number of aryl methyl sites for hydroxylation is 1. The first-order chi connectivity index (χ1) is 12.5. The molecule has 0 spiro atoms. The summed E-state index contributed by atoms with van der Waals surface area (Å²) in [6.07, 6.45) is 0.318. The molecule has 0 unspecified atom stereocenters. The zero-order chi connectivity index (χ0) is 18.3. The van der Waals surface area contributed by atoms with Gasteiger partial charge in [-0.15, -0.1) is 0 Å². The van der Waals surface area contributed by atoms with Crippen molar-refractivity contribution in [2.45, 2.75) is 13.3 Å². The second-order valence-electron chi connectivity index (χ2n) is 6.41. The second kappa shape index (κ2) is 6.23. The summed E-state index contributed by atoms with van der Waals surface area (Å²) < 4.78 is 14.8. The number of carboxylic acids is 1. The van der Waals surface area contributed by atoms with Crippen LogP contribution in [0.2, 0.25) is 0 Å². The van der Waals surface area contributed by atoms with E-state index in [1.165, 1.54) is 6.07 Å². The van der Waals surface area contributed by atoms with Gasteiger partial charge in [0, 0.05) is 12.0 Å². The maximum absolute atomic E-state index is 14.8. The topological polar surface area (TPSA) is 49.7 Å². The van der Waals surface area contributed by atoms with Gasteiger partial charge in [-0.25, -0.2) is 9.18 Å². The van der Waals surface area contributed by atoms with Crippen LogP contribution in [0.25, 0.3) is 11.1 Å². The Bertz CT molecular complexity index is 1060. The standard InChI is InChI=1S/C22H16FNO2/c1-13-9-18(22(25)26)17-12-21(24-20(17)10-13)16-8-7-15(11-19(16)23)14-5-3-2-4-6-14/h2-11H,12H2,1H3,(H,25,26). The van der Waals surface area contributed by atoms with E-state index in [1.807, 2.05) is 49.4 Å². The molecule has 0 fully saturated rings. The summed E-state index contributed by atoms with van der Waals surface area (Å²) >= 11 is 0. The number of fused-ring (bicyclic) bond motifs is 1. The monoisotopic (exact) mass is 345 g/mol. The van der Waals surface area contributed by atoms with Crippen molar-refractivity contribution in [1.82, 2.24) is 0 Å². The zero-order valence-electron chi connectivity index (χ0n) is 14.2. The molecule has 1 heterocycles. The number of aromatic carboxylic acids is 1. The lowest BCUT2D eigenvalue weighted by atomic mass is 9.96. The molecule has 3 nitrogen and oxygen atoms in total. The van der Waals surface area contributed by atoms with Gasteiger partial charge in [0.1, 0.15) is 5.82 Å². The quantitative estimate of drug-likeness (QED) is 0.711. The van der Waals surface area contributed by atoms with E-state index in [1.54, 1.807) is 12.1 Å². The predicted molar refractivity (Wildman–Crippen MR) is 99.9 cm³/mol. The smallest absolute Gasteiger partial charge is 0.336 e. The van der Waals surface area contributed by atoms with Gasteiger partial charge >= 0.3 is 5.97 Å². The lowest BCUT2D eigenvalue weighted by molar-refractivity contribution is 0.0696. The third kappa shape index (κ3) is 2.80. The van der Waals surface area contributed by atoms with Gasteiger partial charge in [-0.1, -0.05) is 36.4 Å². The van der Waals surface area contributed by atoms with Crippen molar-refractivity contribution in [2.75, 3.05) is 0 Å². The number of aliphatic imine (C=N–C) groups is 1. The molecule has 3 aromatic carbocycles. The number of carboxylic acid groups (broad SMARTS) is 1. The molecule has 1 aliphatic heterocycles. The third-order valence-corrected chi connectivity index (χ3v) is 4.59. The highest BCUT2D eigenvalue weighted by molar-refractivity contribution is 6.09. The Morgan fingerprint density at radius 3 is 2.50 bits per heavy atom. The van der Waals surface area contributed by atoms with Gasteiger partial charge in [0.15, 0.2) is 0 Å². The number of nitrogens with zero attached hydrogens (tertiary/aromatic N) is 1. The van der Waals surface area contributed by atoms with Crippen molar-refractivity contribution in [3.63, 3.8) is 0 Å². The van der Waals surface area contributed by atoms with Crippen molar-refractivity contribution < 1.29 is 14.3 Å². The van der Waals surface area contributed by atoms with E-state index >= 15 is 0 Å². The molecule has 0 bridgehead atoms. The van der Waals surface area contributed by atoms with Gasteiger partial charge in [-0.05, 0) is 53.4 Å². The van der Waals surface area contributed by atoms with Crippen molar-refractivity contribution in [2.24, 2.45) is 4.99 Å². The molecule has 0 saturated heterocycles. The minimum absolute atomic E-state index is 0.236. The second-order valence-corrected chi connectivity index (χ2v) is 6.41. The Balaban J connectivity index is 1.72. The minimum Gasteiger partial charge on any atom is -0.478 e. The van der Waals surface area contributed by atoms with E-state index in [-0.39, 0.29) is 11.4 Å². The molecule has 1 aliphatic rings. The Hall–Kier alpha value is -3.27. The molecule has 0 radical (unpaired) electrons. The maximum atomic E-state index is 14.8. The van der Waals surface area contributed by atoms with Crippen LogP contribution in [-0.4, -0.2) is 16.8 Å². The van der Waals surface area contributed by atoms with Gasteiger partial charge in [0.25, 0.3) is 0 Å². The fraction of sp³-hybridized carbons (Fsp3) is 0.0909. The molecule has 26 heavy (non-hydrogen) atoms. The van der Waals surface area contributed by atoms with Crippen molar-refractivity contribution in [1.29, 1.82) is 0 Å². The van der Waals surface area contributed by atoms with Gasteiger partial charge in [-0.3, -0.25) is 4.99 Å². The summed E-state index contributed by atoms with van der Waals surface area (Å²) in [6, 6.07) is 18.2. The molecule has 0 atom stereocenters. The van der Waals surface area contributed by atoms with Crippen molar-refractivity contribution in [3.05, 3.63) is 88.7 Å². The molecule has 3 aromatic rings. The lowest BCUT2D eigenvalue weighted by Gasteiger charge is -2.07. The number of hydrogen-bond donors (Lipinski definition) is 1. The highest BCUT2D eigenvalue weighted by Gasteiger charge is 2.24. The Labute approximate surface area is 150 Å². The van der Waals surface area contributed by atoms with E-state index < -0.39 is 5.97 Å². The van der Waals surface area contributed by atoms with E-state index in [9.17, 15) is 14.3 Å². The molecule has 1 N–H and O–H groups in total. The number of halogens is 1. The van der Waals surface area contributed by atoms with Crippen molar-refractivity contribution in [3.8, 4) is 11.1 Å². The third-order valence-electron chi connectivity index (χ3n) is 4.59. The fourth-order valence-corrected chi connectivity index (χ4v) is 3.34. The molecular weight excluding hydrogens is 329 g/mol. The van der Waals surface area contributed by atoms with Crippen LogP contribution in [0.5, 0.6) is 0 Å². The first kappa shape index (κ1) is 16.2. The summed E-state index contributed by atoms with van der Waals surface area (Å²) in [6.45, 7) is 1.83. The first-order valence-corrected chi connectivity index (χ1v) is 8.32. The lowest BCUT2D eigenvalue weighted by Crippen LogP contribution is -2.07. The summed E-state index contributed by atoms with van der Waals surface area (Å²) in [7, 11) is 0. The van der Waals surface area contributed by atoms with Crippen LogP contribution in [0, 0.1) is 12.7 Å². The molecule has 0 amide bonds. The molecule has 4 heteroatoms. The number of hydrogen-bond acceptors (Lipinski definition) is 2. The Morgan fingerprint density at radius 2 is 1.81 bits per heavy atom. The zero-order valence-corrected chi connectivity index (χ0v) is 14.2. The van der Waals surface area contributed by atoms with Gasteiger partial charge in [-0.2, -0.15) is 0 Å². The average molecular weight is 345 g/mol. The predicted octanol–water partition coefficient (Wildman–Crippen LogP) is 5.18.